The number of hydrogen-bond acceptors (Lipinski definition) is 5. The third-order valence-electron chi connectivity index (χ3n) is 3.88. The molecular weight excluding hydrogens is 631 g/mol. The van der Waals surface area contributed by atoms with Crippen LogP contribution in [0.25, 0.3) is 0 Å². The predicted octanol–water partition coefficient (Wildman–Crippen LogP) is 4.33. The summed E-state index contributed by atoms with van der Waals surface area (Å²) in [5, 5.41) is 0. The van der Waals surface area contributed by atoms with Crippen LogP contribution in [0.2, 0.25) is 51.4 Å². The Morgan fingerprint density at radius 3 is 2.03 bits per heavy atom. The molecule has 0 atom stereocenters. The van der Waals surface area contributed by atoms with Crippen LogP contribution >= 0.6 is 43.5 Å². The second kappa shape index (κ2) is 20.5. The molecule has 1 N–H and O–H groups in total. The van der Waals surface area contributed by atoms with Gasteiger partial charge >= 0.3 is 29.6 Å². The predicted molar refractivity (Wildman–Crippen MR) is 152 cm³/mol. The second-order valence-corrected chi connectivity index (χ2v) is 22.6. The van der Waals surface area contributed by atoms with E-state index < -0.39 is 16.1 Å². The molecule has 0 spiro atoms. The number of nitrogens with one attached hydrogen (secondary N) is 1. The van der Waals surface area contributed by atoms with Gasteiger partial charge in [-0.25, -0.2) is 0 Å². The Labute approximate surface area is 252 Å². The van der Waals surface area contributed by atoms with Gasteiger partial charge < -0.3 is 20.6 Å². The van der Waals surface area contributed by atoms with E-state index in [9.17, 15) is 4.79 Å². The summed E-state index contributed by atoms with van der Waals surface area (Å²) in [4.78, 5) is 17.3. The minimum atomic E-state index is -0.997. The first kappa shape index (κ1) is 36.7. The van der Waals surface area contributed by atoms with Gasteiger partial charge in [0.15, 0.2) is 12.2 Å². The van der Waals surface area contributed by atoms with E-state index >= 15 is 0 Å². The number of nitrogens with zero attached hydrogens (tertiary/aromatic N) is 1. The van der Waals surface area contributed by atoms with Crippen molar-refractivity contribution < 1.29 is 45.2 Å². The standard InChI is InChI=1S/C11H18BrNO2Si.C6H15ClOSi.C5H4BrNO.Na.H/c1-16(2,3)7-6-14-9-15-11-4-5-13-8-10(11)12;1-9(2,3)5-4-8-6-7;6-4-3-7-2-1-5(4)8;;/h4-5,8H,6-7,9H2,1-3H3;4-6H2,1-3H3;1-3H,(H,7,8);;/q;;;+1;-1. The number of alkyl halides is 1. The first-order valence-corrected chi connectivity index (χ1v) is 20.2. The van der Waals surface area contributed by atoms with Gasteiger partial charge in [-0.2, -0.15) is 0 Å². The molecule has 0 aromatic carbocycles. The van der Waals surface area contributed by atoms with Crippen LogP contribution in [0.3, 0.4) is 0 Å². The van der Waals surface area contributed by atoms with E-state index in [4.69, 9.17) is 25.8 Å². The molecule has 0 saturated carbocycles. The van der Waals surface area contributed by atoms with Crippen molar-refractivity contribution in [1.29, 1.82) is 0 Å². The largest absolute Gasteiger partial charge is 1.00 e. The molecule has 2 aromatic rings. The number of rotatable bonds is 10. The first-order chi connectivity index (χ1) is 15.4. The van der Waals surface area contributed by atoms with Gasteiger partial charge in [-0.05, 0) is 50.0 Å². The van der Waals surface area contributed by atoms with Crippen molar-refractivity contribution in [3.63, 3.8) is 0 Å². The molecule has 0 aliphatic rings. The fourth-order valence-electron chi connectivity index (χ4n) is 1.85. The molecule has 0 aliphatic carbocycles. The summed E-state index contributed by atoms with van der Waals surface area (Å²) in [6.07, 6.45) is 6.59. The topological polar surface area (TPSA) is 73.4 Å². The van der Waals surface area contributed by atoms with Gasteiger partial charge in [0.2, 0.25) is 0 Å². The van der Waals surface area contributed by atoms with Crippen LogP contribution in [0.1, 0.15) is 1.43 Å². The Balaban J connectivity index is -0.000000463. The fraction of sp³-hybridized carbons (Fsp3) is 0.545. The Morgan fingerprint density at radius 2 is 1.59 bits per heavy atom. The quantitative estimate of drug-likeness (QED) is 0.177. The van der Waals surface area contributed by atoms with E-state index in [-0.39, 0.29) is 36.4 Å². The van der Waals surface area contributed by atoms with Crippen molar-refractivity contribution >= 4 is 59.6 Å². The molecule has 0 saturated heterocycles. The van der Waals surface area contributed by atoms with Gasteiger partial charge in [0.25, 0.3) is 0 Å². The summed E-state index contributed by atoms with van der Waals surface area (Å²) in [5.74, 6) is 0.767. The number of pyridine rings is 2. The molecule has 2 aromatic heterocycles. The van der Waals surface area contributed by atoms with Gasteiger partial charge in [-0.15, -0.1) is 0 Å². The van der Waals surface area contributed by atoms with Crippen LogP contribution in [0.4, 0.5) is 0 Å². The summed E-state index contributed by atoms with van der Waals surface area (Å²) >= 11 is 11.7. The van der Waals surface area contributed by atoms with Gasteiger partial charge in [-0.3, -0.25) is 9.78 Å². The molecular formula is C22H38Br2ClN2NaO4Si2. The van der Waals surface area contributed by atoms with Crippen molar-refractivity contribution in [1.82, 2.24) is 9.97 Å². The SMILES string of the molecule is C[Si](C)(C)CCOCCl.C[Si](C)(C)CCOCOc1ccncc1Br.O=c1cc[nH]cc1Br.[H-].[Na+]. The molecule has 12 heteroatoms. The van der Waals surface area contributed by atoms with Crippen molar-refractivity contribution in [2.24, 2.45) is 0 Å². The van der Waals surface area contributed by atoms with E-state index in [2.05, 4.69) is 81.1 Å². The van der Waals surface area contributed by atoms with Crippen molar-refractivity contribution in [3.05, 3.63) is 56.1 Å². The summed E-state index contributed by atoms with van der Waals surface area (Å²) in [6, 6.07) is 5.98. The molecule has 0 aliphatic heterocycles. The maximum atomic E-state index is 10.6. The molecule has 0 amide bonds. The number of H-pyrrole nitrogens is 1. The molecule has 0 unspecified atom stereocenters. The summed E-state index contributed by atoms with van der Waals surface area (Å²) in [5.41, 5.74) is 0.00347. The average Bonchev–Trinajstić information content (AvgIpc) is 2.71. The number of aromatic nitrogens is 2. The number of hydrogen-bond donors (Lipinski definition) is 1. The number of halogens is 3. The molecule has 6 nitrogen and oxygen atoms in total. The molecule has 0 radical (unpaired) electrons. The fourth-order valence-corrected chi connectivity index (χ4v) is 4.10. The van der Waals surface area contributed by atoms with Crippen LogP contribution in [0.15, 0.2) is 50.7 Å². The zero-order chi connectivity index (χ0) is 25.3. The third-order valence-corrected chi connectivity index (χ3v) is 8.66. The normalized spacial score (nSPS) is 10.7. The zero-order valence-electron chi connectivity index (χ0n) is 22.4. The summed E-state index contributed by atoms with van der Waals surface area (Å²) in [6.45, 7) is 15.9. The molecule has 2 rings (SSSR count). The molecule has 2 heterocycles. The monoisotopic (exact) mass is 666 g/mol. The molecule has 190 valence electrons. The summed E-state index contributed by atoms with van der Waals surface area (Å²) in [7, 11) is -1.88. The minimum absolute atomic E-state index is 0. The Hall–Kier alpha value is 0.504. The summed E-state index contributed by atoms with van der Waals surface area (Å²) < 4.78 is 17.3. The van der Waals surface area contributed by atoms with Gasteiger partial charge in [0.1, 0.15) is 11.8 Å². The first-order valence-electron chi connectivity index (χ1n) is 10.6. The van der Waals surface area contributed by atoms with Crippen molar-refractivity contribution in [2.75, 3.05) is 26.1 Å². The van der Waals surface area contributed by atoms with Crippen LogP contribution in [-0.2, 0) is 9.47 Å². The molecule has 34 heavy (non-hydrogen) atoms. The molecule has 0 bridgehead atoms. The molecule has 0 fully saturated rings. The zero-order valence-corrected chi connectivity index (χ0v) is 29.3. The van der Waals surface area contributed by atoms with Gasteiger partial charge in [0, 0.05) is 60.2 Å². The van der Waals surface area contributed by atoms with Crippen LogP contribution in [0.5, 0.6) is 5.75 Å². The maximum Gasteiger partial charge on any atom is 1.00 e. The van der Waals surface area contributed by atoms with Gasteiger partial charge in [0.05, 0.1) is 8.95 Å². The van der Waals surface area contributed by atoms with E-state index in [1.807, 2.05) is 6.07 Å². The maximum absolute atomic E-state index is 10.6. The Morgan fingerprint density at radius 1 is 1.00 bits per heavy atom. The average molecular weight is 669 g/mol. The number of ether oxygens (including phenoxy) is 3. The Bertz CT molecular complexity index is 844. The Kier molecular flexibility index (Phi) is 22.2. The minimum Gasteiger partial charge on any atom is -1.00 e. The van der Waals surface area contributed by atoms with Crippen molar-refractivity contribution in [3.8, 4) is 5.75 Å². The third kappa shape index (κ3) is 22.9. The van der Waals surface area contributed by atoms with E-state index in [0.717, 1.165) is 29.5 Å². The van der Waals surface area contributed by atoms with E-state index in [1.165, 1.54) is 12.1 Å². The van der Waals surface area contributed by atoms with Crippen molar-refractivity contribution in [2.45, 2.75) is 51.4 Å². The van der Waals surface area contributed by atoms with Crippen LogP contribution in [0, 0.1) is 0 Å². The van der Waals surface area contributed by atoms with Gasteiger partial charge in [-0.1, -0.05) is 50.9 Å². The van der Waals surface area contributed by atoms with E-state index in [1.54, 1.807) is 24.8 Å². The number of aromatic amines is 1. The van der Waals surface area contributed by atoms with E-state index in [0.29, 0.717) is 17.3 Å². The van der Waals surface area contributed by atoms with Crippen LogP contribution in [-0.4, -0.2) is 52.2 Å². The smallest absolute Gasteiger partial charge is 1.00 e. The second-order valence-electron chi connectivity index (χ2n) is 9.47. The van der Waals surface area contributed by atoms with Crippen LogP contribution < -0.4 is 39.7 Å².